The van der Waals surface area contributed by atoms with E-state index >= 15 is 0 Å². The number of nitrogen functional groups attached to an aromatic ring is 1. The molecule has 0 radical (unpaired) electrons. The highest BCUT2D eigenvalue weighted by Gasteiger charge is 2.19. The third kappa shape index (κ3) is 2.75. The van der Waals surface area contributed by atoms with Crippen molar-refractivity contribution in [3.63, 3.8) is 0 Å². The van der Waals surface area contributed by atoms with Gasteiger partial charge in [0.25, 0.3) is 5.82 Å². The lowest BCUT2D eigenvalue weighted by atomic mass is 9.92. The molecule has 21 heavy (non-hydrogen) atoms. The summed E-state index contributed by atoms with van der Waals surface area (Å²) in [5.41, 5.74) is 12.0. The van der Waals surface area contributed by atoms with Crippen molar-refractivity contribution in [2.45, 2.75) is 40.0 Å². The molecule has 0 unspecified atom stereocenters. The molecule has 1 heterocycles. The standard InChI is InChI=1S/C18H21N3/c1-5-16-12(4)17(15(10-19)18(20)21-16)14-8-6-13(7-9-14)11(2)3/h6-9,11H,5H2,1-4H3,(H2,20,21)/p+1. The Morgan fingerprint density at radius 3 is 2.33 bits per heavy atom. The van der Waals surface area contributed by atoms with E-state index in [1.54, 1.807) is 0 Å². The van der Waals surface area contributed by atoms with Crippen molar-refractivity contribution in [2.75, 3.05) is 5.73 Å². The smallest absolute Gasteiger partial charge is 0.286 e. The summed E-state index contributed by atoms with van der Waals surface area (Å²) in [7, 11) is 0. The maximum Gasteiger partial charge on any atom is 0.289 e. The van der Waals surface area contributed by atoms with Crippen molar-refractivity contribution in [1.29, 1.82) is 5.26 Å². The first kappa shape index (κ1) is 15.1. The molecule has 108 valence electrons. The normalized spacial score (nSPS) is 10.7. The second-order valence-electron chi connectivity index (χ2n) is 5.63. The fourth-order valence-electron chi connectivity index (χ4n) is 2.66. The van der Waals surface area contributed by atoms with E-state index in [4.69, 9.17) is 5.73 Å². The zero-order valence-corrected chi connectivity index (χ0v) is 13.1. The lowest BCUT2D eigenvalue weighted by molar-refractivity contribution is -0.373. The van der Waals surface area contributed by atoms with Gasteiger partial charge in [-0.2, -0.15) is 5.26 Å². The Hall–Kier alpha value is -2.34. The molecule has 0 saturated heterocycles. The molecule has 0 aliphatic carbocycles. The predicted molar refractivity (Wildman–Crippen MR) is 85.8 cm³/mol. The van der Waals surface area contributed by atoms with E-state index in [0.29, 0.717) is 17.3 Å². The van der Waals surface area contributed by atoms with Crippen molar-refractivity contribution in [2.24, 2.45) is 0 Å². The number of nitrogens with two attached hydrogens (primary N) is 1. The highest BCUT2D eigenvalue weighted by atomic mass is 14.8. The Balaban J connectivity index is 2.67. The van der Waals surface area contributed by atoms with Gasteiger partial charge in [0, 0.05) is 17.5 Å². The second kappa shape index (κ2) is 5.97. The van der Waals surface area contributed by atoms with Crippen LogP contribution >= 0.6 is 0 Å². The van der Waals surface area contributed by atoms with Gasteiger partial charge < -0.3 is 0 Å². The zero-order chi connectivity index (χ0) is 15.6. The molecule has 0 saturated carbocycles. The van der Waals surface area contributed by atoms with Gasteiger partial charge in [0.2, 0.25) is 0 Å². The third-order valence-corrected chi connectivity index (χ3v) is 3.96. The van der Waals surface area contributed by atoms with Gasteiger partial charge in [-0.05, 0) is 24.0 Å². The highest BCUT2D eigenvalue weighted by molar-refractivity contribution is 5.77. The molecule has 1 aromatic heterocycles. The van der Waals surface area contributed by atoms with Crippen LogP contribution in [-0.4, -0.2) is 0 Å². The Kier molecular flexibility index (Phi) is 4.28. The number of hydrogen-bond donors (Lipinski definition) is 1. The minimum absolute atomic E-state index is 0.447. The maximum absolute atomic E-state index is 9.44. The summed E-state index contributed by atoms with van der Waals surface area (Å²) in [6.45, 7) is 8.47. The largest absolute Gasteiger partial charge is 0.289 e. The number of nitriles is 1. The third-order valence-electron chi connectivity index (χ3n) is 3.96. The summed E-state index contributed by atoms with van der Waals surface area (Å²) < 4.78 is 0. The molecule has 1 aromatic carbocycles. The lowest BCUT2D eigenvalue weighted by Gasteiger charge is -2.12. The second-order valence-corrected chi connectivity index (χ2v) is 5.63. The molecule has 0 aliphatic heterocycles. The van der Waals surface area contributed by atoms with Gasteiger partial charge in [0.15, 0.2) is 0 Å². The molecule has 0 amide bonds. The molecule has 0 fully saturated rings. The van der Waals surface area contributed by atoms with Gasteiger partial charge in [-0.3, -0.25) is 5.73 Å². The topological polar surface area (TPSA) is 63.9 Å². The summed E-state index contributed by atoms with van der Waals surface area (Å²) in [5, 5.41) is 9.44. The van der Waals surface area contributed by atoms with Crippen LogP contribution in [0.15, 0.2) is 24.3 Å². The average molecular weight is 280 g/mol. The number of rotatable bonds is 3. The Labute approximate surface area is 126 Å². The van der Waals surface area contributed by atoms with Gasteiger partial charge >= 0.3 is 0 Å². The lowest BCUT2D eigenvalue weighted by Crippen LogP contribution is -2.20. The van der Waals surface area contributed by atoms with E-state index in [1.807, 2.05) is 6.92 Å². The van der Waals surface area contributed by atoms with Gasteiger partial charge in [-0.25, -0.2) is 4.98 Å². The van der Waals surface area contributed by atoms with E-state index in [1.165, 1.54) is 5.56 Å². The predicted octanol–water partition coefficient (Wildman–Crippen LogP) is 3.62. The van der Waals surface area contributed by atoms with Crippen LogP contribution in [0.5, 0.6) is 0 Å². The molecule has 3 heteroatoms. The molecule has 2 aromatic rings. The van der Waals surface area contributed by atoms with Crippen molar-refractivity contribution in [1.82, 2.24) is 0 Å². The molecule has 0 aliphatic rings. The van der Waals surface area contributed by atoms with Gasteiger partial charge in [-0.15, -0.1) is 0 Å². The first-order valence-corrected chi connectivity index (χ1v) is 7.34. The minimum atomic E-state index is 0.447. The summed E-state index contributed by atoms with van der Waals surface area (Å²) in [5.74, 6) is 0.943. The van der Waals surface area contributed by atoms with Crippen LogP contribution in [0.1, 0.15) is 49.1 Å². The quantitative estimate of drug-likeness (QED) is 0.933. The minimum Gasteiger partial charge on any atom is -0.286 e. The maximum atomic E-state index is 9.44. The Morgan fingerprint density at radius 2 is 1.86 bits per heavy atom. The van der Waals surface area contributed by atoms with Crippen LogP contribution < -0.4 is 10.7 Å². The number of benzene rings is 1. The van der Waals surface area contributed by atoms with E-state index in [-0.39, 0.29) is 0 Å². The first-order valence-electron chi connectivity index (χ1n) is 7.34. The fraction of sp³-hybridized carbons (Fsp3) is 0.333. The number of aromatic amines is 1. The summed E-state index contributed by atoms with van der Waals surface area (Å²) in [4.78, 5) is 3.14. The van der Waals surface area contributed by atoms with Crippen LogP contribution in [-0.2, 0) is 6.42 Å². The number of nitrogens with one attached hydrogen (secondary N) is 1. The summed E-state index contributed by atoms with van der Waals surface area (Å²) >= 11 is 0. The molecular formula is C18H22N3+. The molecule has 3 nitrogen and oxygen atoms in total. The van der Waals surface area contributed by atoms with E-state index < -0.39 is 0 Å². The molecule has 0 spiro atoms. The molecule has 0 atom stereocenters. The highest BCUT2D eigenvalue weighted by Crippen LogP contribution is 2.31. The molecule has 2 rings (SSSR count). The van der Waals surface area contributed by atoms with Crippen molar-refractivity contribution >= 4 is 5.82 Å². The Bertz CT molecular complexity index is 691. The molecule has 0 bridgehead atoms. The number of aryl methyl sites for hydroxylation is 1. The summed E-state index contributed by atoms with van der Waals surface area (Å²) in [6.07, 6.45) is 0.860. The number of H-pyrrole nitrogens is 1. The van der Waals surface area contributed by atoms with E-state index in [9.17, 15) is 5.26 Å². The zero-order valence-electron chi connectivity index (χ0n) is 13.1. The SMILES string of the molecule is CCc1[nH+]c(N)c(C#N)c(-c2ccc(C(C)C)cc2)c1C. The average Bonchev–Trinajstić information content (AvgIpc) is 2.48. The number of nitrogens with zero attached hydrogens (tertiary/aromatic N) is 1. The number of pyridine rings is 1. The van der Waals surface area contributed by atoms with Crippen LogP contribution in [0.3, 0.4) is 0 Å². The van der Waals surface area contributed by atoms with Crippen LogP contribution in [0, 0.1) is 18.3 Å². The van der Waals surface area contributed by atoms with E-state index in [0.717, 1.165) is 28.8 Å². The number of hydrogen-bond acceptors (Lipinski definition) is 2. The van der Waals surface area contributed by atoms with Gasteiger partial charge in [0.05, 0.1) is 0 Å². The summed E-state index contributed by atoms with van der Waals surface area (Å²) in [6, 6.07) is 10.6. The first-order chi connectivity index (χ1) is 9.99. The van der Waals surface area contributed by atoms with E-state index in [2.05, 4.69) is 56.1 Å². The molecular weight excluding hydrogens is 258 g/mol. The number of aromatic nitrogens is 1. The van der Waals surface area contributed by atoms with Crippen LogP contribution in [0.2, 0.25) is 0 Å². The monoisotopic (exact) mass is 280 g/mol. The van der Waals surface area contributed by atoms with Crippen LogP contribution in [0.4, 0.5) is 5.82 Å². The fourth-order valence-corrected chi connectivity index (χ4v) is 2.66. The number of anilines is 1. The van der Waals surface area contributed by atoms with Crippen LogP contribution in [0.25, 0.3) is 11.1 Å². The van der Waals surface area contributed by atoms with Gasteiger partial charge in [0.1, 0.15) is 17.3 Å². The van der Waals surface area contributed by atoms with Gasteiger partial charge in [-0.1, -0.05) is 45.0 Å². The Morgan fingerprint density at radius 1 is 1.24 bits per heavy atom. The molecule has 3 N–H and O–H groups in total. The van der Waals surface area contributed by atoms with Crippen molar-refractivity contribution in [3.05, 3.63) is 46.6 Å². The van der Waals surface area contributed by atoms with Crippen molar-refractivity contribution < 1.29 is 4.98 Å². The van der Waals surface area contributed by atoms with Crippen molar-refractivity contribution in [3.8, 4) is 17.2 Å².